The quantitative estimate of drug-likeness (QED) is 0.748. The van der Waals surface area contributed by atoms with Crippen molar-refractivity contribution >= 4 is 11.6 Å². The van der Waals surface area contributed by atoms with E-state index in [9.17, 15) is 4.39 Å². The topological polar surface area (TPSA) is 22.1 Å². The van der Waals surface area contributed by atoms with E-state index in [4.69, 9.17) is 16.3 Å². The van der Waals surface area contributed by atoms with Gasteiger partial charge in [0.15, 0.2) is 0 Å². The van der Waals surface area contributed by atoms with Crippen LogP contribution in [-0.4, -0.2) is 10.8 Å². The predicted octanol–water partition coefficient (Wildman–Crippen LogP) is 4.57. The maximum Gasteiger partial charge on any atom is 0.316 e. The first kappa shape index (κ1) is 13.8. The Balaban J connectivity index is 2.13. The van der Waals surface area contributed by atoms with Crippen LogP contribution in [0, 0.1) is 0 Å². The molecular weight excluding hydrogens is 265 g/mol. The normalized spacial score (nSPS) is 12.2. The van der Waals surface area contributed by atoms with E-state index in [1.165, 1.54) is 5.56 Å². The monoisotopic (exact) mass is 279 g/mol. The number of nitrogens with zero attached hydrogens (tertiary/aromatic N) is 1. The fourth-order valence-corrected chi connectivity index (χ4v) is 1.94. The molecule has 1 unspecified atom stereocenters. The zero-order valence-electron chi connectivity index (χ0n) is 10.6. The number of hydrogen-bond donors (Lipinski definition) is 0. The number of rotatable bonds is 5. The first-order valence-electron chi connectivity index (χ1n) is 6.19. The van der Waals surface area contributed by atoms with Gasteiger partial charge in [-0.1, -0.05) is 19.4 Å². The van der Waals surface area contributed by atoms with Crippen molar-refractivity contribution in [3.8, 4) is 17.0 Å². The molecule has 19 heavy (non-hydrogen) atoms. The number of aromatic nitrogens is 1. The van der Waals surface area contributed by atoms with Crippen LogP contribution in [0.3, 0.4) is 0 Å². The number of benzene rings is 1. The minimum absolute atomic E-state index is 0.397. The van der Waals surface area contributed by atoms with Gasteiger partial charge in [-0.15, -0.1) is 0 Å². The lowest BCUT2D eigenvalue weighted by Gasteiger charge is -2.06. The van der Waals surface area contributed by atoms with Gasteiger partial charge in [-0.05, 0) is 53.9 Å². The Labute approximate surface area is 117 Å². The van der Waals surface area contributed by atoms with E-state index in [2.05, 4.69) is 18.0 Å². The lowest BCUT2D eigenvalue weighted by Crippen LogP contribution is -2.00. The van der Waals surface area contributed by atoms with E-state index in [-0.39, 0.29) is 0 Å². The Morgan fingerprint density at radius 3 is 2.47 bits per heavy atom. The second-order valence-corrected chi connectivity index (χ2v) is 4.55. The van der Waals surface area contributed by atoms with Crippen LogP contribution >= 0.6 is 11.6 Å². The summed E-state index contributed by atoms with van der Waals surface area (Å²) in [6.45, 7) is 2.14. The highest BCUT2D eigenvalue weighted by Gasteiger charge is 2.04. The highest BCUT2D eigenvalue weighted by atomic mass is 35.5. The summed E-state index contributed by atoms with van der Waals surface area (Å²) in [5, 5.41) is 0. The molecule has 1 aromatic carbocycles. The van der Waals surface area contributed by atoms with Gasteiger partial charge in [-0.25, -0.2) is 0 Å². The van der Waals surface area contributed by atoms with Crippen LogP contribution in [-0.2, 0) is 6.42 Å². The van der Waals surface area contributed by atoms with Gasteiger partial charge < -0.3 is 4.74 Å². The van der Waals surface area contributed by atoms with Crippen LogP contribution in [0.4, 0.5) is 4.39 Å². The number of halogens is 2. The van der Waals surface area contributed by atoms with Crippen molar-refractivity contribution in [3.63, 3.8) is 0 Å². The number of alkyl halides is 2. The first-order valence-corrected chi connectivity index (χ1v) is 6.63. The molecule has 0 aliphatic rings. The molecule has 2 nitrogen and oxygen atoms in total. The third-order valence-corrected chi connectivity index (χ3v) is 2.83. The van der Waals surface area contributed by atoms with E-state index >= 15 is 0 Å². The fourth-order valence-electron chi connectivity index (χ4n) is 1.84. The average Bonchev–Trinajstić information content (AvgIpc) is 2.40. The Morgan fingerprint density at radius 2 is 1.95 bits per heavy atom. The number of aryl methyl sites for hydroxylation is 1. The molecule has 1 heterocycles. The minimum atomic E-state index is -1.82. The van der Waals surface area contributed by atoms with Gasteiger partial charge in [0.2, 0.25) is 0 Å². The summed E-state index contributed by atoms with van der Waals surface area (Å²) >= 11 is 5.11. The van der Waals surface area contributed by atoms with Crippen molar-refractivity contribution in [1.82, 2.24) is 4.98 Å². The maximum absolute atomic E-state index is 12.5. The number of hydrogen-bond acceptors (Lipinski definition) is 2. The molecule has 0 aliphatic heterocycles. The molecule has 0 radical (unpaired) electrons. The highest BCUT2D eigenvalue weighted by molar-refractivity contribution is 6.18. The molecule has 1 aromatic heterocycles. The van der Waals surface area contributed by atoms with Gasteiger partial charge in [-0.2, -0.15) is 4.39 Å². The van der Waals surface area contributed by atoms with Crippen LogP contribution in [0.1, 0.15) is 18.9 Å². The minimum Gasteiger partial charge on any atom is -0.447 e. The summed E-state index contributed by atoms with van der Waals surface area (Å²) in [6, 6.07) is 11.1. The molecule has 0 saturated carbocycles. The molecule has 2 rings (SSSR count). The van der Waals surface area contributed by atoms with E-state index < -0.39 is 5.82 Å². The summed E-state index contributed by atoms with van der Waals surface area (Å²) in [7, 11) is 0. The molecule has 0 spiro atoms. The summed E-state index contributed by atoms with van der Waals surface area (Å²) in [6.07, 6.45) is 4.03. The zero-order chi connectivity index (χ0) is 13.7. The second-order valence-electron chi connectivity index (χ2n) is 4.20. The molecule has 0 aliphatic carbocycles. The van der Waals surface area contributed by atoms with Gasteiger partial charge in [0.05, 0.1) is 5.69 Å². The van der Waals surface area contributed by atoms with Crippen LogP contribution in [0.5, 0.6) is 5.75 Å². The lowest BCUT2D eigenvalue weighted by atomic mass is 10.1. The Kier molecular flexibility index (Phi) is 4.74. The molecule has 100 valence electrons. The average molecular weight is 280 g/mol. The predicted molar refractivity (Wildman–Crippen MR) is 75.0 cm³/mol. The molecule has 4 heteroatoms. The smallest absolute Gasteiger partial charge is 0.316 e. The molecule has 0 bridgehead atoms. The van der Waals surface area contributed by atoms with Gasteiger partial charge in [0.25, 0.3) is 0 Å². The van der Waals surface area contributed by atoms with Crippen molar-refractivity contribution in [2.24, 2.45) is 0 Å². The fraction of sp³-hybridized carbons (Fsp3) is 0.267. The second kappa shape index (κ2) is 6.53. The zero-order valence-corrected chi connectivity index (χ0v) is 11.4. The van der Waals surface area contributed by atoms with Crippen molar-refractivity contribution in [2.45, 2.75) is 25.6 Å². The lowest BCUT2D eigenvalue weighted by molar-refractivity contribution is 0.147. The molecule has 2 aromatic rings. The largest absolute Gasteiger partial charge is 0.447 e. The van der Waals surface area contributed by atoms with Crippen LogP contribution < -0.4 is 4.74 Å². The van der Waals surface area contributed by atoms with E-state index in [0.29, 0.717) is 5.75 Å². The molecule has 1 atom stereocenters. The standard InChI is InChI=1S/C15H15ClFNO/c1-2-3-11-4-9-14(18-10-11)12-5-7-13(8-6-12)19-15(16)17/h4-10,15H,2-3H2,1H3. The molecule has 0 fully saturated rings. The van der Waals surface area contributed by atoms with E-state index in [0.717, 1.165) is 24.1 Å². The van der Waals surface area contributed by atoms with Crippen LogP contribution in [0.25, 0.3) is 11.3 Å². The SMILES string of the molecule is CCCc1ccc(-c2ccc(OC(F)Cl)cc2)nc1. The molecular formula is C15H15ClFNO. The van der Waals surface area contributed by atoms with E-state index in [1.807, 2.05) is 24.4 Å². The van der Waals surface area contributed by atoms with Crippen LogP contribution in [0.2, 0.25) is 0 Å². The Bertz CT molecular complexity index is 511. The van der Waals surface area contributed by atoms with E-state index in [1.54, 1.807) is 12.1 Å². The summed E-state index contributed by atoms with van der Waals surface area (Å²) in [5.74, 6) is -1.42. The van der Waals surface area contributed by atoms with Gasteiger partial charge in [0.1, 0.15) is 5.75 Å². The van der Waals surface area contributed by atoms with Gasteiger partial charge in [-0.3, -0.25) is 4.98 Å². The number of ether oxygens (including phenoxy) is 1. The first-order chi connectivity index (χ1) is 9.19. The summed E-state index contributed by atoms with van der Waals surface area (Å²) in [5.41, 5.74) is 3.07. The Morgan fingerprint density at radius 1 is 1.21 bits per heavy atom. The van der Waals surface area contributed by atoms with Crippen molar-refractivity contribution < 1.29 is 9.13 Å². The van der Waals surface area contributed by atoms with Gasteiger partial charge >= 0.3 is 5.82 Å². The maximum atomic E-state index is 12.5. The number of pyridine rings is 1. The third-order valence-electron chi connectivity index (χ3n) is 2.74. The highest BCUT2D eigenvalue weighted by Crippen LogP contribution is 2.22. The third kappa shape index (κ3) is 3.93. The Hall–Kier alpha value is -1.61. The summed E-state index contributed by atoms with van der Waals surface area (Å²) in [4.78, 5) is 4.42. The van der Waals surface area contributed by atoms with Crippen molar-refractivity contribution in [3.05, 3.63) is 48.2 Å². The molecule has 0 saturated heterocycles. The molecule has 0 amide bonds. The van der Waals surface area contributed by atoms with Gasteiger partial charge in [0, 0.05) is 11.8 Å². The molecule has 0 N–H and O–H groups in total. The van der Waals surface area contributed by atoms with Crippen LogP contribution in [0.15, 0.2) is 42.6 Å². The summed E-state index contributed by atoms with van der Waals surface area (Å²) < 4.78 is 17.2. The van der Waals surface area contributed by atoms with Crippen molar-refractivity contribution in [1.29, 1.82) is 0 Å². The van der Waals surface area contributed by atoms with Crippen molar-refractivity contribution in [2.75, 3.05) is 0 Å².